The highest BCUT2D eigenvalue weighted by molar-refractivity contribution is 6.04. The van der Waals surface area contributed by atoms with Crippen molar-refractivity contribution >= 4 is 23.2 Å². The molecule has 5 nitrogen and oxygen atoms in total. The van der Waals surface area contributed by atoms with E-state index in [0.717, 1.165) is 29.8 Å². The Labute approximate surface area is 153 Å². The van der Waals surface area contributed by atoms with E-state index in [1.807, 2.05) is 42.5 Å². The highest BCUT2D eigenvalue weighted by Gasteiger charge is 2.10. The molecule has 0 fully saturated rings. The monoisotopic (exact) mass is 346 g/mol. The Balaban J connectivity index is 1.72. The molecule has 5 heteroatoms. The van der Waals surface area contributed by atoms with Gasteiger partial charge in [-0.3, -0.25) is 4.79 Å². The Hall–Kier alpha value is -3.21. The predicted octanol–water partition coefficient (Wildman–Crippen LogP) is 4.60. The van der Waals surface area contributed by atoms with Gasteiger partial charge in [0.1, 0.15) is 0 Å². The number of hydrogen-bond acceptors (Lipinski definition) is 4. The minimum absolute atomic E-state index is 0.216. The number of benzene rings is 2. The first-order chi connectivity index (χ1) is 12.7. The van der Waals surface area contributed by atoms with Crippen LogP contribution in [0.4, 0.5) is 17.3 Å². The van der Waals surface area contributed by atoms with E-state index in [1.54, 1.807) is 0 Å². The van der Waals surface area contributed by atoms with Crippen molar-refractivity contribution in [3.8, 4) is 0 Å². The Kier molecular flexibility index (Phi) is 5.59. The average Bonchev–Trinajstić information content (AvgIpc) is 2.69. The normalized spacial score (nSPS) is 10.4. The molecule has 1 amide bonds. The third kappa shape index (κ3) is 4.06. The van der Waals surface area contributed by atoms with Crippen LogP contribution in [0.25, 0.3) is 0 Å². The van der Waals surface area contributed by atoms with E-state index in [9.17, 15) is 4.79 Å². The lowest BCUT2D eigenvalue weighted by molar-refractivity contribution is 0.102. The van der Waals surface area contributed by atoms with Crippen LogP contribution in [0, 0.1) is 0 Å². The van der Waals surface area contributed by atoms with Crippen LogP contribution in [0.3, 0.4) is 0 Å². The van der Waals surface area contributed by atoms with Crippen LogP contribution in [0.2, 0.25) is 0 Å². The SMILES string of the molecule is CCc1ccccc1NC(=O)c1cnc(Nc2ccccc2CC)nc1. The molecule has 0 unspecified atom stereocenters. The molecule has 0 atom stereocenters. The van der Waals surface area contributed by atoms with Gasteiger partial charge in [-0.15, -0.1) is 0 Å². The van der Waals surface area contributed by atoms with Crippen molar-refractivity contribution in [3.05, 3.63) is 77.6 Å². The van der Waals surface area contributed by atoms with Gasteiger partial charge in [0.25, 0.3) is 5.91 Å². The molecule has 0 aliphatic carbocycles. The van der Waals surface area contributed by atoms with E-state index in [0.29, 0.717) is 11.5 Å². The summed E-state index contributed by atoms with van der Waals surface area (Å²) in [6, 6.07) is 15.8. The average molecular weight is 346 g/mol. The van der Waals surface area contributed by atoms with Crippen LogP contribution < -0.4 is 10.6 Å². The van der Waals surface area contributed by atoms with Crippen LogP contribution in [0.15, 0.2) is 60.9 Å². The van der Waals surface area contributed by atoms with E-state index < -0.39 is 0 Å². The number of aryl methyl sites for hydroxylation is 2. The minimum atomic E-state index is -0.216. The summed E-state index contributed by atoms with van der Waals surface area (Å²) in [5.74, 6) is 0.253. The maximum atomic E-state index is 12.4. The number of nitrogens with zero attached hydrogens (tertiary/aromatic N) is 2. The predicted molar refractivity (Wildman–Crippen MR) is 105 cm³/mol. The van der Waals surface area contributed by atoms with Gasteiger partial charge in [-0.1, -0.05) is 50.2 Å². The van der Waals surface area contributed by atoms with Crippen LogP contribution in [0.5, 0.6) is 0 Å². The van der Waals surface area contributed by atoms with Gasteiger partial charge in [0.2, 0.25) is 5.95 Å². The molecule has 132 valence electrons. The van der Waals surface area contributed by atoms with Crippen LogP contribution in [0.1, 0.15) is 35.3 Å². The molecule has 1 heterocycles. The zero-order valence-electron chi connectivity index (χ0n) is 15.0. The van der Waals surface area contributed by atoms with Gasteiger partial charge in [-0.2, -0.15) is 0 Å². The number of hydrogen-bond donors (Lipinski definition) is 2. The number of para-hydroxylation sites is 2. The smallest absolute Gasteiger partial charge is 0.258 e. The summed E-state index contributed by atoms with van der Waals surface area (Å²) in [5.41, 5.74) is 4.50. The van der Waals surface area contributed by atoms with Gasteiger partial charge in [-0.25, -0.2) is 9.97 Å². The second-order valence-corrected chi connectivity index (χ2v) is 5.90. The second kappa shape index (κ2) is 8.25. The second-order valence-electron chi connectivity index (χ2n) is 5.90. The van der Waals surface area contributed by atoms with Gasteiger partial charge in [0.05, 0.1) is 5.56 Å². The van der Waals surface area contributed by atoms with E-state index >= 15 is 0 Å². The molecule has 0 aliphatic rings. The van der Waals surface area contributed by atoms with E-state index in [2.05, 4.69) is 40.5 Å². The Morgan fingerprint density at radius 2 is 1.38 bits per heavy atom. The van der Waals surface area contributed by atoms with Crippen molar-refractivity contribution in [1.82, 2.24) is 9.97 Å². The lowest BCUT2D eigenvalue weighted by Gasteiger charge is -2.11. The largest absolute Gasteiger partial charge is 0.324 e. The highest BCUT2D eigenvalue weighted by Crippen LogP contribution is 2.19. The van der Waals surface area contributed by atoms with Crippen molar-refractivity contribution in [2.75, 3.05) is 10.6 Å². The molecule has 2 N–H and O–H groups in total. The topological polar surface area (TPSA) is 66.9 Å². The van der Waals surface area contributed by atoms with Gasteiger partial charge >= 0.3 is 0 Å². The zero-order valence-corrected chi connectivity index (χ0v) is 15.0. The first-order valence-corrected chi connectivity index (χ1v) is 8.77. The summed E-state index contributed by atoms with van der Waals surface area (Å²) in [7, 11) is 0. The number of aromatic nitrogens is 2. The molecule has 3 rings (SSSR count). The molecule has 3 aromatic rings. The Bertz CT molecular complexity index is 891. The molecule has 2 aromatic carbocycles. The van der Waals surface area contributed by atoms with Crippen molar-refractivity contribution < 1.29 is 4.79 Å². The van der Waals surface area contributed by atoms with Crippen molar-refractivity contribution in [1.29, 1.82) is 0 Å². The fourth-order valence-electron chi connectivity index (χ4n) is 2.73. The summed E-state index contributed by atoms with van der Waals surface area (Å²) >= 11 is 0. The van der Waals surface area contributed by atoms with Crippen LogP contribution in [-0.2, 0) is 12.8 Å². The van der Waals surface area contributed by atoms with Crippen LogP contribution >= 0.6 is 0 Å². The Morgan fingerprint density at radius 1 is 0.846 bits per heavy atom. The third-order valence-electron chi connectivity index (χ3n) is 4.21. The van der Waals surface area contributed by atoms with E-state index in [-0.39, 0.29) is 5.91 Å². The summed E-state index contributed by atoms with van der Waals surface area (Å²) in [5, 5.41) is 6.13. The Morgan fingerprint density at radius 3 is 2.00 bits per heavy atom. The van der Waals surface area contributed by atoms with Gasteiger partial charge in [-0.05, 0) is 36.1 Å². The summed E-state index contributed by atoms with van der Waals surface area (Å²) in [4.78, 5) is 21.0. The zero-order chi connectivity index (χ0) is 18.4. The minimum Gasteiger partial charge on any atom is -0.324 e. The molecule has 0 aliphatic heterocycles. The molecular weight excluding hydrogens is 324 g/mol. The maximum absolute atomic E-state index is 12.4. The maximum Gasteiger partial charge on any atom is 0.258 e. The molecule has 0 saturated heterocycles. The molecule has 0 saturated carbocycles. The molecule has 0 radical (unpaired) electrons. The first kappa shape index (κ1) is 17.6. The lowest BCUT2D eigenvalue weighted by Crippen LogP contribution is -2.14. The first-order valence-electron chi connectivity index (χ1n) is 8.77. The fourth-order valence-corrected chi connectivity index (χ4v) is 2.73. The molecular formula is C21H22N4O. The van der Waals surface area contributed by atoms with Crippen molar-refractivity contribution in [2.45, 2.75) is 26.7 Å². The van der Waals surface area contributed by atoms with Crippen LogP contribution in [-0.4, -0.2) is 15.9 Å². The van der Waals surface area contributed by atoms with E-state index in [1.165, 1.54) is 18.0 Å². The molecule has 26 heavy (non-hydrogen) atoms. The van der Waals surface area contributed by atoms with Gasteiger partial charge in [0.15, 0.2) is 0 Å². The van der Waals surface area contributed by atoms with Crippen molar-refractivity contribution in [3.63, 3.8) is 0 Å². The molecule has 0 spiro atoms. The molecule has 1 aromatic heterocycles. The number of amides is 1. The molecule has 0 bridgehead atoms. The van der Waals surface area contributed by atoms with Crippen molar-refractivity contribution in [2.24, 2.45) is 0 Å². The van der Waals surface area contributed by atoms with Gasteiger partial charge < -0.3 is 10.6 Å². The summed E-state index contributed by atoms with van der Waals surface area (Å²) < 4.78 is 0. The summed E-state index contributed by atoms with van der Waals surface area (Å²) in [6.45, 7) is 4.16. The number of carbonyl (C=O) groups excluding carboxylic acids is 1. The summed E-state index contributed by atoms with van der Waals surface area (Å²) in [6.07, 6.45) is 4.84. The lowest BCUT2D eigenvalue weighted by atomic mass is 10.1. The number of carbonyl (C=O) groups is 1. The van der Waals surface area contributed by atoms with Gasteiger partial charge in [0, 0.05) is 23.8 Å². The standard InChI is InChI=1S/C21H22N4O/c1-3-15-9-5-7-11-18(15)24-20(26)17-13-22-21(23-14-17)25-19-12-8-6-10-16(19)4-2/h5-14H,3-4H2,1-2H3,(H,24,26)(H,22,23,25). The fraction of sp³-hybridized carbons (Fsp3) is 0.190. The highest BCUT2D eigenvalue weighted by atomic mass is 16.1. The quantitative estimate of drug-likeness (QED) is 0.685. The number of nitrogens with one attached hydrogen (secondary N) is 2. The number of rotatable bonds is 6. The third-order valence-corrected chi connectivity index (χ3v) is 4.21. The van der Waals surface area contributed by atoms with E-state index in [4.69, 9.17) is 0 Å². The number of anilines is 3.